The summed E-state index contributed by atoms with van der Waals surface area (Å²) in [6, 6.07) is 9.36. The van der Waals surface area contributed by atoms with Crippen LogP contribution in [0.2, 0.25) is 0 Å². The minimum Gasteiger partial charge on any atom is -0.370 e. The van der Waals surface area contributed by atoms with Gasteiger partial charge in [0.1, 0.15) is 11.6 Å². The second-order valence-corrected chi connectivity index (χ2v) is 8.54. The summed E-state index contributed by atoms with van der Waals surface area (Å²) in [7, 11) is 0. The number of ketones is 1. The molecular formula is C25H26N6O2. The van der Waals surface area contributed by atoms with Crippen molar-refractivity contribution >= 4 is 40.7 Å². The highest BCUT2D eigenvalue weighted by Gasteiger charge is 2.22. The van der Waals surface area contributed by atoms with Crippen LogP contribution in [-0.2, 0) is 4.79 Å². The van der Waals surface area contributed by atoms with Crippen LogP contribution in [-0.4, -0.2) is 32.8 Å². The van der Waals surface area contributed by atoms with E-state index >= 15 is 0 Å². The summed E-state index contributed by atoms with van der Waals surface area (Å²) in [5, 5.41) is 14.1. The van der Waals surface area contributed by atoms with Gasteiger partial charge in [-0.3, -0.25) is 9.59 Å². The molecule has 1 amide bonds. The summed E-state index contributed by atoms with van der Waals surface area (Å²) in [6.07, 6.45) is 6.88. The number of allylic oxidation sites excluding steroid dienone is 1. The number of anilines is 3. The van der Waals surface area contributed by atoms with Crippen LogP contribution in [0.25, 0.3) is 11.7 Å². The summed E-state index contributed by atoms with van der Waals surface area (Å²) in [5.41, 5.74) is 4.36. The number of nitrogens with one attached hydrogen (secondary N) is 3. The van der Waals surface area contributed by atoms with Crippen molar-refractivity contribution in [3.63, 3.8) is 0 Å². The average molecular weight is 443 g/mol. The third-order valence-corrected chi connectivity index (χ3v) is 5.90. The highest BCUT2D eigenvalue weighted by Crippen LogP contribution is 2.30. The van der Waals surface area contributed by atoms with Crippen molar-refractivity contribution in [3.8, 4) is 0 Å². The Labute approximate surface area is 191 Å². The normalized spacial score (nSPS) is 16.9. The van der Waals surface area contributed by atoms with Gasteiger partial charge in [-0.25, -0.2) is 4.98 Å². The first-order chi connectivity index (χ1) is 16.0. The molecule has 8 heteroatoms. The zero-order valence-electron chi connectivity index (χ0n) is 18.5. The number of benzene rings is 1. The molecule has 1 saturated carbocycles. The number of fused-ring (bicyclic) bond motifs is 1. The van der Waals surface area contributed by atoms with Gasteiger partial charge in [0.2, 0.25) is 5.91 Å². The van der Waals surface area contributed by atoms with Crippen LogP contribution in [0, 0.1) is 5.92 Å². The zero-order valence-corrected chi connectivity index (χ0v) is 18.5. The maximum Gasteiger partial charge on any atom is 0.228 e. The molecule has 0 bridgehead atoms. The first kappa shape index (κ1) is 20.9. The molecule has 0 radical (unpaired) electrons. The Hall–Kier alpha value is -3.94. The number of nitrogens with zero attached hydrogens (tertiary/aromatic N) is 3. The van der Waals surface area contributed by atoms with E-state index in [1.54, 1.807) is 10.7 Å². The monoisotopic (exact) mass is 442 g/mol. The second kappa shape index (κ2) is 8.54. The van der Waals surface area contributed by atoms with Gasteiger partial charge in [-0.2, -0.15) is 9.61 Å². The van der Waals surface area contributed by atoms with E-state index in [9.17, 15) is 9.59 Å². The van der Waals surface area contributed by atoms with E-state index < -0.39 is 0 Å². The summed E-state index contributed by atoms with van der Waals surface area (Å²) < 4.78 is 1.78. The van der Waals surface area contributed by atoms with E-state index in [2.05, 4.69) is 27.6 Å². The zero-order chi connectivity index (χ0) is 22.9. The lowest BCUT2D eigenvalue weighted by molar-refractivity contribution is -0.118. The molecule has 0 unspecified atom stereocenters. The molecule has 3 aromatic rings. The molecular weight excluding hydrogens is 416 g/mol. The third-order valence-electron chi connectivity index (χ3n) is 5.90. The number of amides is 1. The van der Waals surface area contributed by atoms with Crippen LogP contribution in [0.15, 0.2) is 54.4 Å². The van der Waals surface area contributed by atoms with E-state index in [1.165, 1.54) is 12.8 Å². The van der Waals surface area contributed by atoms with E-state index in [0.29, 0.717) is 41.5 Å². The van der Waals surface area contributed by atoms with Gasteiger partial charge >= 0.3 is 0 Å². The number of carbonyl (C=O) groups excluding carboxylic acids is 2. The van der Waals surface area contributed by atoms with Crippen molar-refractivity contribution < 1.29 is 9.59 Å². The van der Waals surface area contributed by atoms with E-state index in [0.717, 1.165) is 29.2 Å². The number of rotatable bonds is 8. The van der Waals surface area contributed by atoms with Gasteiger partial charge in [-0.1, -0.05) is 25.6 Å². The first-order valence-corrected chi connectivity index (χ1v) is 11.2. The molecule has 2 aromatic heterocycles. The lowest BCUT2D eigenvalue weighted by Gasteiger charge is -2.12. The molecule has 2 fully saturated rings. The standard InChI is InChI=1S/C25H26N6O2/c1-3-21(32)17-5-4-6-20(10-17)29-22-12-23(26-13-16-7-8-16)31-25(30-22)19(14-27-31)9-18-11-24(33)28-15(18)2/h4-6,9-10,12,14,16,26H,2-3,7-8,11,13H2,1H3,(H,28,33)(H,29,30)/b18-9+. The SMILES string of the molecule is C=C1NC(=O)C/C1=C\c1cnn2c(NCC3CC3)cc(Nc3cccc(C(=O)CC)c3)nc12. The lowest BCUT2D eigenvalue weighted by atomic mass is 10.1. The molecule has 1 aromatic carbocycles. The van der Waals surface area contributed by atoms with Crippen molar-refractivity contribution in [1.29, 1.82) is 0 Å². The minimum absolute atomic E-state index is 0.0636. The number of Topliss-reactive ketones (excluding diaryl/α,β-unsaturated/α-hetero) is 1. The summed E-state index contributed by atoms with van der Waals surface area (Å²) in [4.78, 5) is 28.6. The Morgan fingerprint density at radius 1 is 1.33 bits per heavy atom. The molecule has 3 N–H and O–H groups in total. The lowest BCUT2D eigenvalue weighted by Crippen LogP contribution is -2.10. The summed E-state index contributed by atoms with van der Waals surface area (Å²) in [5.74, 6) is 2.20. The second-order valence-electron chi connectivity index (χ2n) is 8.54. The average Bonchev–Trinajstić information content (AvgIpc) is 3.47. The molecule has 5 rings (SSSR count). The number of carbonyl (C=O) groups is 2. The number of aromatic nitrogens is 3. The molecule has 1 aliphatic carbocycles. The van der Waals surface area contributed by atoms with Crippen molar-refractivity contribution in [3.05, 3.63) is 65.5 Å². The Kier molecular flexibility index (Phi) is 5.42. The van der Waals surface area contributed by atoms with Crippen molar-refractivity contribution in [2.75, 3.05) is 17.2 Å². The van der Waals surface area contributed by atoms with Crippen LogP contribution >= 0.6 is 0 Å². The van der Waals surface area contributed by atoms with Gasteiger partial charge in [0, 0.05) is 41.5 Å². The molecule has 168 valence electrons. The predicted molar refractivity (Wildman–Crippen MR) is 128 cm³/mol. The topological polar surface area (TPSA) is 100 Å². The molecule has 1 aliphatic heterocycles. The largest absolute Gasteiger partial charge is 0.370 e. The number of hydrogen-bond donors (Lipinski definition) is 3. The van der Waals surface area contributed by atoms with Crippen LogP contribution < -0.4 is 16.0 Å². The predicted octanol–water partition coefficient (Wildman–Crippen LogP) is 4.30. The fourth-order valence-electron chi connectivity index (χ4n) is 3.86. The van der Waals surface area contributed by atoms with Gasteiger partial charge in [0.15, 0.2) is 11.4 Å². The van der Waals surface area contributed by atoms with E-state index in [4.69, 9.17) is 4.98 Å². The Balaban J connectivity index is 1.52. The Bertz CT molecular complexity index is 1300. The molecule has 33 heavy (non-hydrogen) atoms. The highest BCUT2D eigenvalue weighted by molar-refractivity contribution is 5.96. The maximum atomic E-state index is 12.1. The molecule has 8 nitrogen and oxygen atoms in total. The van der Waals surface area contributed by atoms with E-state index in [1.807, 2.05) is 43.3 Å². The third kappa shape index (κ3) is 4.50. The summed E-state index contributed by atoms with van der Waals surface area (Å²) >= 11 is 0. The summed E-state index contributed by atoms with van der Waals surface area (Å²) in [6.45, 7) is 6.66. The smallest absolute Gasteiger partial charge is 0.228 e. The minimum atomic E-state index is -0.0636. The molecule has 0 spiro atoms. The quantitative estimate of drug-likeness (QED) is 0.450. The molecule has 3 heterocycles. The molecule has 1 saturated heterocycles. The Morgan fingerprint density at radius 3 is 2.91 bits per heavy atom. The van der Waals surface area contributed by atoms with Gasteiger partial charge in [-0.15, -0.1) is 0 Å². The van der Waals surface area contributed by atoms with Gasteiger partial charge in [-0.05, 0) is 42.5 Å². The fraction of sp³-hybridized carbons (Fsp3) is 0.280. The van der Waals surface area contributed by atoms with Crippen LogP contribution in [0.1, 0.15) is 48.5 Å². The van der Waals surface area contributed by atoms with E-state index in [-0.39, 0.29) is 11.7 Å². The van der Waals surface area contributed by atoms with Crippen molar-refractivity contribution in [2.24, 2.45) is 5.92 Å². The highest BCUT2D eigenvalue weighted by atomic mass is 16.2. The van der Waals surface area contributed by atoms with Gasteiger partial charge < -0.3 is 16.0 Å². The maximum absolute atomic E-state index is 12.1. The first-order valence-electron chi connectivity index (χ1n) is 11.2. The van der Waals surface area contributed by atoms with Crippen molar-refractivity contribution in [2.45, 2.75) is 32.6 Å². The molecule has 0 atom stereocenters. The van der Waals surface area contributed by atoms with Gasteiger partial charge in [0.05, 0.1) is 12.6 Å². The van der Waals surface area contributed by atoms with Crippen molar-refractivity contribution in [1.82, 2.24) is 19.9 Å². The molecule has 2 aliphatic rings. The van der Waals surface area contributed by atoms with Gasteiger partial charge in [0.25, 0.3) is 0 Å². The van der Waals surface area contributed by atoms with Crippen LogP contribution in [0.4, 0.5) is 17.3 Å². The van der Waals surface area contributed by atoms with Crippen LogP contribution in [0.3, 0.4) is 0 Å². The Morgan fingerprint density at radius 2 is 2.18 bits per heavy atom. The van der Waals surface area contributed by atoms with Crippen LogP contribution in [0.5, 0.6) is 0 Å². The number of hydrogen-bond acceptors (Lipinski definition) is 6. The fourth-order valence-corrected chi connectivity index (χ4v) is 3.86.